The molecule has 0 saturated carbocycles. The van der Waals surface area contributed by atoms with Crippen molar-refractivity contribution in [2.75, 3.05) is 33.3 Å². The van der Waals surface area contributed by atoms with Gasteiger partial charge >= 0.3 is 0 Å². The minimum atomic E-state index is -0.501. The first-order chi connectivity index (χ1) is 14.0. The van der Waals surface area contributed by atoms with Crippen molar-refractivity contribution in [2.45, 2.75) is 6.54 Å². The Morgan fingerprint density at radius 3 is 2.69 bits per heavy atom. The molecule has 1 N–H and O–H groups in total. The summed E-state index contributed by atoms with van der Waals surface area (Å²) in [6.07, 6.45) is 0. The van der Waals surface area contributed by atoms with Crippen LogP contribution in [0.15, 0.2) is 35.1 Å². The standard InChI is InChI=1S/C20H19Cl2FN4O2/c1-29-19-16(5-3-14(21)18(19)22)27-17(11-26-8-6-24-7-9-26)25-15-4-2-12(23)10-13(15)20(27)28/h2-5,10,24H,6-9,11H2,1H3. The van der Waals surface area contributed by atoms with Gasteiger partial charge in [-0.2, -0.15) is 0 Å². The number of benzene rings is 2. The summed E-state index contributed by atoms with van der Waals surface area (Å²) >= 11 is 12.4. The predicted octanol–water partition coefficient (Wildman–Crippen LogP) is 3.25. The number of hydrogen-bond acceptors (Lipinski definition) is 5. The van der Waals surface area contributed by atoms with Crippen LogP contribution in [-0.4, -0.2) is 47.7 Å². The van der Waals surface area contributed by atoms with Crippen molar-refractivity contribution in [3.05, 3.63) is 62.4 Å². The second kappa shape index (κ2) is 8.28. The molecule has 1 aliphatic rings. The Bertz CT molecular complexity index is 1130. The van der Waals surface area contributed by atoms with Crippen LogP contribution in [-0.2, 0) is 6.54 Å². The van der Waals surface area contributed by atoms with Crippen molar-refractivity contribution in [3.63, 3.8) is 0 Å². The van der Waals surface area contributed by atoms with Gasteiger partial charge in [-0.25, -0.2) is 9.37 Å². The molecule has 4 rings (SSSR count). The Labute approximate surface area is 176 Å². The highest BCUT2D eigenvalue weighted by Crippen LogP contribution is 2.37. The summed E-state index contributed by atoms with van der Waals surface area (Å²) in [6.45, 7) is 3.83. The van der Waals surface area contributed by atoms with Gasteiger partial charge in [0.2, 0.25) is 0 Å². The third-order valence-electron chi connectivity index (χ3n) is 4.95. The highest BCUT2D eigenvalue weighted by Gasteiger charge is 2.21. The van der Waals surface area contributed by atoms with Crippen LogP contribution in [0.25, 0.3) is 16.6 Å². The van der Waals surface area contributed by atoms with Gasteiger partial charge < -0.3 is 10.1 Å². The molecule has 1 saturated heterocycles. The molecule has 1 aliphatic heterocycles. The molecule has 9 heteroatoms. The van der Waals surface area contributed by atoms with E-state index in [0.717, 1.165) is 26.2 Å². The molecule has 0 atom stereocenters. The van der Waals surface area contributed by atoms with Gasteiger partial charge in [-0.15, -0.1) is 0 Å². The SMILES string of the molecule is COc1c(-n2c(CN3CCNCC3)nc3ccc(F)cc3c2=O)ccc(Cl)c1Cl. The van der Waals surface area contributed by atoms with Gasteiger partial charge in [0.05, 0.1) is 35.3 Å². The van der Waals surface area contributed by atoms with Crippen LogP contribution in [0.2, 0.25) is 10.0 Å². The van der Waals surface area contributed by atoms with Crippen molar-refractivity contribution in [1.29, 1.82) is 0 Å². The summed E-state index contributed by atoms with van der Waals surface area (Å²) in [5.74, 6) is 0.284. The minimum absolute atomic E-state index is 0.183. The number of nitrogens with one attached hydrogen (secondary N) is 1. The molecule has 0 unspecified atom stereocenters. The Kier molecular flexibility index (Phi) is 5.74. The molecule has 29 heavy (non-hydrogen) atoms. The normalized spacial score (nSPS) is 15.0. The highest BCUT2D eigenvalue weighted by molar-refractivity contribution is 6.43. The molecule has 0 aliphatic carbocycles. The van der Waals surface area contributed by atoms with E-state index in [1.807, 2.05) is 0 Å². The first kappa shape index (κ1) is 20.1. The first-order valence-electron chi connectivity index (χ1n) is 9.16. The third kappa shape index (κ3) is 3.83. The lowest BCUT2D eigenvalue weighted by molar-refractivity contribution is 0.226. The summed E-state index contributed by atoms with van der Waals surface area (Å²) in [7, 11) is 1.45. The van der Waals surface area contributed by atoms with Crippen LogP contribution in [0.3, 0.4) is 0 Å². The molecule has 6 nitrogen and oxygen atoms in total. The number of methoxy groups -OCH3 is 1. The molecule has 2 aromatic carbocycles. The van der Waals surface area contributed by atoms with Crippen molar-refractivity contribution >= 4 is 34.1 Å². The van der Waals surface area contributed by atoms with Crippen molar-refractivity contribution in [1.82, 2.24) is 19.8 Å². The number of rotatable bonds is 4. The number of piperazine rings is 1. The van der Waals surface area contributed by atoms with Gasteiger partial charge in [0, 0.05) is 26.2 Å². The molecule has 2 heterocycles. The number of ether oxygens (including phenoxy) is 1. The predicted molar refractivity (Wildman–Crippen MR) is 112 cm³/mol. The average Bonchev–Trinajstić information content (AvgIpc) is 2.72. The molecule has 0 amide bonds. The van der Waals surface area contributed by atoms with Crippen molar-refractivity contribution in [2.24, 2.45) is 0 Å². The largest absolute Gasteiger partial charge is 0.493 e. The van der Waals surface area contributed by atoms with E-state index in [1.165, 1.54) is 29.9 Å². The Balaban J connectivity index is 1.97. The van der Waals surface area contributed by atoms with E-state index in [0.29, 0.717) is 28.6 Å². The zero-order valence-corrected chi connectivity index (χ0v) is 17.2. The van der Waals surface area contributed by atoms with Crippen molar-refractivity contribution < 1.29 is 9.13 Å². The van der Waals surface area contributed by atoms with Gasteiger partial charge in [0.1, 0.15) is 16.7 Å². The molecule has 152 valence electrons. The Hall–Kier alpha value is -2.19. The van der Waals surface area contributed by atoms with Gasteiger partial charge in [-0.1, -0.05) is 23.2 Å². The maximum Gasteiger partial charge on any atom is 0.266 e. The van der Waals surface area contributed by atoms with E-state index in [4.69, 9.17) is 27.9 Å². The molecule has 0 radical (unpaired) electrons. The lowest BCUT2D eigenvalue weighted by atomic mass is 10.2. The maximum atomic E-state index is 13.8. The molecule has 1 aromatic heterocycles. The fraction of sp³-hybridized carbons (Fsp3) is 0.300. The van der Waals surface area contributed by atoms with E-state index >= 15 is 0 Å². The number of aromatic nitrogens is 2. The van der Waals surface area contributed by atoms with E-state index in [-0.39, 0.29) is 16.2 Å². The first-order valence-corrected chi connectivity index (χ1v) is 9.92. The van der Waals surface area contributed by atoms with E-state index < -0.39 is 11.4 Å². The summed E-state index contributed by atoms with van der Waals surface area (Å²) in [4.78, 5) is 20.3. The van der Waals surface area contributed by atoms with Crippen LogP contribution in [0.4, 0.5) is 4.39 Å². The average molecular weight is 437 g/mol. The lowest BCUT2D eigenvalue weighted by Crippen LogP contribution is -2.44. The van der Waals surface area contributed by atoms with Gasteiger partial charge in [-0.3, -0.25) is 14.3 Å². The number of fused-ring (bicyclic) bond motifs is 1. The van der Waals surface area contributed by atoms with Crippen LogP contribution < -0.4 is 15.6 Å². The molecular weight excluding hydrogens is 418 g/mol. The minimum Gasteiger partial charge on any atom is -0.493 e. The van der Waals surface area contributed by atoms with E-state index in [9.17, 15) is 9.18 Å². The number of halogens is 3. The fourth-order valence-electron chi connectivity index (χ4n) is 3.52. The van der Waals surface area contributed by atoms with Gasteiger partial charge in [-0.05, 0) is 30.3 Å². The molecule has 3 aromatic rings. The molecule has 0 bridgehead atoms. The highest BCUT2D eigenvalue weighted by atomic mass is 35.5. The molecule has 1 fully saturated rings. The summed E-state index contributed by atoms with van der Waals surface area (Å²) in [6, 6.07) is 7.26. The zero-order valence-electron chi connectivity index (χ0n) is 15.7. The smallest absolute Gasteiger partial charge is 0.266 e. The van der Waals surface area contributed by atoms with Crippen LogP contribution in [0.1, 0.15) is 5.82 Å². The topological polar surface area (TPSA) is 59.4 Å². The third-order valence-corrected chi connectivity index (χ3v) is 5.74. The van der Waals surface area contributed by atoms with Crippen LogP contribution in [0.5, 0.6) is 5.75 Å². The maximum absolute atomic E-state index is 13.8. The lowest BCUT2D eigenvalue weighted by Gasteiger charge is -2.28. The summed E-state index contributed by atoms with van der Waals surface area (Å²) < 4.78 is 20.7. The summed E-state index contributed by atoms with van der Waals surface area (Å²) in [5, 5.41) is 3.99. The quantitative estimate of drug-likeness (QED) is 0.679. The van der Waals surface area contributed by atoms with Crippen LogP contribution in [0, 0.1) is 5.82 Å². The van der Waals surface area contributed by atoms with E-state index in [1.54, 1.807) is 12.1 Å². The second-order valence-corrected chi connectivity index (χ2v) is 7.56. The molecule has 0 spiro atoms. The van der Waals surface area contributed by atoms with E-state index in [2.05, 4.69) is 15.2 Å². The Morgan fingerprint density at radius 2 is 1.97 bits per heavy atom. The number of hydrogen-bond donors (Lipinski definition) is 1. The fourth-order valence-corrected chi connectivity index (χ4v) is 3.91. The van der Waals surface area contributed by atoms with Crippen LogP contribution >= 0.6 is 23.2 Å². The van der Waals surface area contributed by atoms with Gasteiger partial charge in [0.25, 0.3) is 5.56 Å². The monoisotopic (exact) mass is 436 g/mol. The van der Waals surface area contributed by atoms with Gasteiger partial charge in [0.15, 0.2) is 5.75 Å². The Morgan fingerprint density at radius 1 is 1.21 bits per heavy atom. The number of nitrogens with zero attached hydrogens (tertiary/aromatic N) is 3. The molecular formula is C20H19Cl2FN4O2. The second-order valence-electron chi connectivity index (χ2n) is 6.77. The summed E-state index contributed by atoms with van der Waals surface area (Å²) in [5.41, 5.74) is 0.462. The zero-order chi connectivity index (χ0) is 20.5. The van der Waals surface area contributed by atoms with Crippen molar-refractivity contribution in [3.8, 4) is 11.4 Å².